The molecule has 0 spiro atoms. The van der Waals surface area contributed by atoms with Crippen molar-refractivity contribution in [1.82, 2.24) is 14.7 Å². The van der Waals surface area contributed by atoms with Crippen LogP contribution in [0.2, 0.25) is 0 Å². The second-order valence-electron chi connectivity index (χ2n) is 4.49. The van der Waals surface area contributed by atoms with E-state index >= 15 is 0 Å². The first-order valence-corrected chi connectivity index (χ1v) is 5.55. The molecule has 2 N–H and O–H groups in total. The zero-order chi connectivity index (χ0) is 12.3. The Morgan fingerprint density at radius 1 is 1.44 bits per heavy atom. The lowest BCUT2D eigenvalue weighted by atomic mass is 10.4. The number of nitrogens with zero attached hydrogens (tertiary/aromatic N) is 3. The number of nitrogen functional groups attached to an aromatic ring is 1. The number of nitrogens with two attached hydrogens (primary N) is 1. The summed E-state index contributed by atoms with van der Waals surface area (Å²) < 4.78 is 7.53. The van der Waals surface area contributed by atoms with Crippen molar-refractivity contribution in [3.63, 3.8) is 0 Å². The Morgan fingerprint density at radius 2 is 2.06 bits per heavy atom. The van der Waals surface area contributed by atoms with Crippen molar-refractivity contribution in [3.8, 4) is 5.88 Å². The van der Waals surface area contributed by atoms with Gasteiger partial charge in [-0.2, -0.15) is 5.10 Å². The van der Waals surface area contributed by atoms with Crippen molar-refractivity contribution >= 4 is 5.69 Å². The molecule has 0 bridgehead atoms. The number of anilines is 1. The molecule has 0 aromatic carbocycles. The van der Waals surface area contributed by atoms with Crippen LogP contribution in [0.5, 0.6) is 5.88 Å². The number of hydrogen-bond donors (Lipinski definition) is 1. The van der Waals surface area contributed by atoms with Crippen LogP contribution >= 0.6 is 0 Å². The third-order valence-corrected chi connectivity index (χ3v) is 2.35. The SMILES string of the molecule is Cc1nn(C(C)C)c(OCCN(C)C)c1N. The molecule has 0 saturated carbocycles. The molecule has 0 radical (unpaired) electrons. The highest BCUT2D eigenvalue weighted by molar-refractivity contribution is 5.52. The summed E-state index contributed by atoms with van der Waals surface area (Å²) in [5.74, 6) is 0.689. The summed E-state index contributed by atoms with van der Waals surface area (Å²) in [4.78, 5) is 2.07. The van der Waals surface area contributed by atoms with E-state index in [-0.39, 0.29) is 6.04 Å². The lowest BCUT2D eigenvalue weighted by Crippen LogP contribution is -2.20. The van der Waals surface area contributed by atoms with Gasteiger partial charge in [-0.25, -0.2) is 4.68 Å². The Hall–Kier alpha value is -1.23. The maximum absolute atomic E-state index is 5.94. The highest BCUT2D eigenvalue weighted by atomic mass is 16.5. The Bertz CT molecular complexity index is 344. The summed E-state index contributed by atoms with van der Waals surface area (Å²) in [6.45, 7) is 7.50. The van der Waals surface area contributed by atoms with E-state index in [9.17, 15) is 0 Å². The molecule has 1 heterocycles. The van der Waals surface area contributed by atoms with Crippen molar-refractivity contribution in [2.45, 2.75) is 26.8 Å². The third kappa shape index (κ3) is 2.88. The average molecular weight is 226 g/mol. The Morgan fingerprint density at radius 3 is 2.56 bits per heavy atom. The minimum atomic E-state index is 0.255. The summed E-state index contributed by atoms with van der Waals surface area (Å²) in [7, 11) is 4.02. The molecule has 1 aromatic heterocycles. The average Bonchev–Trinajstić information content (AvgIpc) is 2.45. The number of aryl methyl sites for hydroxylation is 1. The monoisotopic (exact) mass is 226 g/mol. The van der Waals surface area contributed by atoms with Gasteiger partial charge in [0.1, 0.15) is 12.3 Å². The molecule has 0 fully saturated rings. The zero-order valence-electron chi connectivity index (χ0n) is 10.8. The Balaban J connectivity index is 2.77. The van der Waals surface area contributed by atoms with E-state index in [1.54, 1.807) is 0 Å². The normalized spacial score (nSPS) is 11.4. The fraction of sp³-hybridized carbons (Fsp3) is 0.727. The second kappa shape index (κ2) is 5.21. The summed E-state index contributed by atoms with van der Waals surface area (Å²) in [5, 5.41) is 4.36. The number of aromatic nitrogens is 2. The van der Waals surface area contributed by atoms with Gasteiger partial charge in [-0.1, -0.05) is 0 Å². The Labute approximate surface area is 97.2 Å². The smallest absolute Gasteiger partial charge is 0.236 e. The van der Waals surface area contributed by atoms with Crippen LogP contribution in [-0.4, -0.2) is 41.9 Å². The van der Waals surface area contributed by atoms with Crippen molar-refractivity contribution < 1.29 is 4.74 Å². The minimum Gasteiger partial charge on any atom is -0.475 e. The molecule has 0 amide bonds. The summed E-state index contributed by atoms with van der Waals surface area (Å²) in [5.41, 5.74) is 7.41. The van der Waals surface area contributed by atoms with E-state index in [4.69, 9.17) is 10.5 Å². The molecule has 0 aliphatic rings. The van der Waals surface area contributed by atoms with Gasteiger partial charge in [0, 0.05) is 6.54 Å². The van der Waals surface area contributed by atoms with E-state index in [2.05, 4.69) is 23.8 Å². The molecule has 5 heteroatoms. The maximum atomic E-state index is 5.94. The fourth-order valence-electron chi connectivity index (χ4n) is 1.36. The first kappa shape index (κ1) is 12.8. The third-order valence-electron chi connectivity index (χ3n) is 2.35. The largest absolute Gasteiger partial charge is 0.475 e. The molecule has 1 aromatic rings. The van der Waals surface area contributed by atoms with Crippen LogP contribution in [0.4, 0.5) is 5.69 Å². The molecular formula is C11H22N4O. The van der Waals surface area contributed by atoms with Gasteiger partial charge < -0.3 is 15.4 Å². The first-order valence-electron chi connectivity index (χ1n) is 5.55. The lowest BCUT2D eigenvalue weighted by molar-refractivity contribution is 0.237. The van der Waals surface area contributed by atoms with E-state index in [1.165, 1.54) is 0 Å². The molecule has 1 rings (SSSR count). The van der Waals surface area contributed by atoms with Gasteiger partial charge in [0.05, 0.1) is 11.7 Å². The fourth-order valence-corrected chi connectivity index (χ4v) is 1.36. The predicted molar refractivity (Wildman–Crippen MR) is 65.8 cm³/mol. The highest BCUT2D eigenvalue weighted by Crippen LogP contribution is 2.27. The molecule has 0 aliphatic heterocycles. The highest BCUT2D eigenvalue weighted by Gasteiger charge is 2.15. The minimum absolute atomic E-state index is 0.255. The van der Waals surface area contributed by atoms with Gasteiger partial charge in [0.2, 0.25) is 5.88 Å². The molecule has 0 atom stereocenters. The maximum Gasteiger partial charge on any atom is 0.236 e. The molecule has 5 nitrogen and oxygen atoms in total. The van der Waals surface area contributed by atoms with Gasteiger partial charge in [0.15, 0.2) is 0 Å². The van der Waals surface area contributed by atoms with Crippen LogP contribution in [0.15, 0.2) is 0 Å². The topological polar surface area (TPSA) is 56.3 Å². The van der Waals surface area contributed by atoms with Gasteiger partial charge in [0.25, 0.3) is 0 Å². The molecule has 92 valence electrons. The van der Waals surface area contributed by atoms with Crippen molar-refractivity contribution in [1.29, 1.82) is 0 Å². The summed E-state index contributed by atoms with van der Waals surface area (Å²) >= 11 is 0. The van der Waals surface area contributed by atoms with Crippen LogP contribution < -0.4 is 10.5 Å². The summed E-state index contributed by atoms with van der Waals surface area (Å²) in [6.07, 6.45) is 0. The van der Waals surface area contributed by atoms with Crippen molar-refractivity contribution in [2.75, 3.05) is 33.0 Å². The molecule has 0 aliphatic carbocycles. The van der Waals surface area contributed by atoms with Crippen LogP contribution in [0.25, 0.3) is 0 Å². The molecular weight excluding hydrogens is 204 g/mol. The molecule has 0 saturated heterocycles. The van der Waals surface area contributed by atoms with Gasteiger partial charge >= 0.3 is 0 Å². The van der Waals surface area contributed by atoms with E-state index in [0.29, 0.717) is 18.2 Å². The van der Waals surface area contributed by atoms with E-state index in [1.807, 2.05) is 25.7 Å². The van der Waals surface area contributed by atoms with E-state index < -0.39 is 0 Å². The summed E-state index contributed by atoms with van der Waals surface area (Å²) in [6, 6.07) is 0.255. The molecule has 0 unspecified atom stereocenters. The quantitative estimate of drug-likeness (QED) is 0.822. The second-order valence-corrected chi connectivity index (χ2v) is 4.49. The van der Waals surface area contributed by atoms with Crippen LogP contribution in [0, 0.1) is 6.92 Å². The molecule has 16 heavy (non-hydrogen) atoms. The standard InChI is InChI=1S/C11H22N4O/c1-8(2)15-11(10(12)9(3)13-15)16-7-6-14(4)5/h8H,6-7,12H2,1-5H3. The number of ether oxygens (including phenoxy) is 1. The lowest BCUT2D eigenvalue weighted by Gasteiger charge is -2.14. The van der Waals surface area contributed by atoms with Gasteiger partial charge in [-0.3, -0.25) is 0 Å². The first-order chi connectivity index (χ1) is 7.43. The zero-order valence-corrected chi connectivity index (χ0v) is 10.8. The van der Waals surface area contributed by atoms with Crippen LogP contribution in [0.3, 0.4) is 0 Å². The van der Waals surface area contributed by atoms with E-state index in [0.717, 1.165) is 12.2 Å². The van der Waals surface area contributed by atoms with Crippen LogP contribution in [0.1, 0.15) is 25.6 Å². The van der Waals surface area contributed by atoms with Gasteiger partial charge in [-0.15, -0.1) is 0 Å². The number of rotatable bonds is 5. The predicted octanol–water partition coefficient (Wildman–Crippen LogP) is 1.30. The number of likely N-dealkylation sites (N-methyl/N-ethyl adjacent to an activating group) is 1. The Kier molecular flexibility index (Phi) is 4.18. The van der Waals surface area contributed by atoms with Gasteiger partial charge in [-0.05, 0) is 34.9 Å². The van der Waals surface area contributed by atoms with Crippen molar-refractivity contribution in [2.24, 2.45) is 0 Å². The number of hydrogen-bond acceptors (Lipinski definition) is 4. The van der Waals surface area contributed by atoms with Crippen LogP contribution in [-0.2, 0) is 0 Å². The van der Waals surface area contributed by atoms with Crippen molar-refractivity contribution in [3.05, 3.63) is 5.69 Å².